The van der Waals surface area contributed by atoms with E-state index in [1.807, 2.05) is 43.5 Å². The second-order valence-electron chi connectivity index (χ2n) is 6.51. The molecule has 6 nitrogen and oxygen atoms in total. The molecule has 0 bridgehead atoms. The molecular formula is C18H24N4O2. The molecule has 1 atom stereocenters. The number of amides is 2. The minimum absolute atomic E-state index is 0.0103. The number of aliphatic hydroxyl groups is 1. The van der Waals surface area contributed by atoms with E-state index >= 15 is 0 Å². The Morgan fingerprint density at radius 2 is 2.17 bits per heavy atom. The Bertz CT molecular complexity index is 678. The largest absolute Gasteiger partial charge is 0.394 e. The van der Waals surface area contributed by atoms with Gasteiger partial charge in [-0.25, -0.2) is 9.48 Å². The van der Waals surface area contributed by atoms with Crippen LogP contribution >= 0.6 is 0 Å². The van der Waals surface area contributed by atoms with E-state index in [-0.39, 0.29) is 18.7 Å². The highest BCUT2D eigenvalue weighted by Crippen LogP contribution is 2.29. The van der Waals surface area contributed by atoms with Gasteiger partial charge in [0.2, 0.25) is 0 Å². The lowest BCUT2D eigenvalue weighted by atomic mass is 9.99. The molecule has 1 aromatic heterocycles. The lowest BCUT2D eigenvalue weighted by Gasteiger charge is -2.29. The first-order valence-electron chi connectivity index (χ1n) is 8.41. The number of urea groups is 1. The number of nitrogens with zero attached hydrogens (tertiary/aromatic N) is 2. The van der Waals surface area contributed by atoms with Crippen molar-refractivity contribution in [2.24, 2.45) is 0 Å². The number of rotatable bonds is 5. The first-order valence-corrected chi connectivity index (χ1v) is 8.41. The van der Waals surface area contributed by atoms with Gasteiger partial charge in [-0.15, -0.1) is 0 Å². The number of hydrogen-bond acceptors (Lipinski definition) is 3. The van der Waals surface area contributed by atoms with Gasteiger partial charge in [0.05, 0.1) is 23.9 Å². The average molecular weight is 328 g/mol. The minimum Gasteiger partial charge on any atom is -0.394 e. The molecule has 1 aromatic carbocycles. The van der Waals surface area contributed by atoms with Crippen molar-refractivity contribution in [3.63, 3.8) is 0 Å². The summed E-state index contributed by atoms with van der Waals surface area (Å²) in [6, 6.07) is 9.42. The molecule has 24 heavy (non-hydrogen) atoms. The van der Waals surface area contributed by atoms with Crippen LogP contribution in [-0.4, -0.2) is 33.1 Å². The molecule has 1 fully saturated rings. The van der Waals surface area contributed by atoms with Crippen molar-refractivity contribution < 1.29 is 9.90 Å². The van der Waals surface area contributed by atoms with Crippen LogP contribution in [0.15, 0.2) is 42.7 Å². The van der Waals surface area contributed by atoms with Crippen LogP contribution in [0.4, 0.5) is 4.79 Å². The molecule has 1 saturated carbocycles. The first kappa shape index (κ1) is 16.5. The highest BCUT2D eigenvalue weighted by atomic mass is 16.3. The summed E-state index contributed by atoms with van der Waals surface area (Å²) in [6.45, 7) is 1.94. The molecular weight excluding hydrogens is 304 g/mol. The van der Waals surface area contributed by atoms with Gasteiger partial charge in [0.1, 0.15) is 0 Å². The van der Waals surface area contributed by atoms with Crippen LogP contribution < -0.4 is 10.6 Å². The molecule has 6 heteroatoms. The van der Waals surface area contributed by atoms with E-state index < -0.39 is 5.54 Å². The van der Waals surface area contributed by atoms with Gasteiger partial charge >= 0.3 is 6.03 Å². The molecule has 2 aromatic rings. The number of aliphatic hydroxyl groups excluding tert-OH is 1. The van der Waals surface area contributed by atoms with Crippen molar-refractivity contribution in [1.82, 2.24) is 20.4 Å². The summed E-state index contributed by atoms with van der Waals surface area (Å²) >= 11 is 0. The van der Waals surface area contributed by atoms with Gasteiger partial charge in [-0.3, -0.25) is 0 Å². The third-order valence-electron chi connectivity index (χ3n) is 4.73. The number of aromatic nitrogens is 2. The fraction of sp³-hybridized carbons (Fsp3) is 0.444. The minimum atomic E-state index is -0.458. The van der Waals surface area contributed by atoms with Crippen molar-refractivity contribution in [3.05, 3.63) is 48.3 Å². The van der Waals surface area contributed by atoms with E-state index in [4.69, 9.17) is 0 Å². The zero-order valence-electron chi connectivity index (χ0n) is 13.9. The predicted molar refractivity (Wildman–Crippen MR) is 91.9 cm³/mol. The third-order valence-corrected chi connectivity index (χ3v) is 4.73. The molecule has 1 unspecified atom stereocenters. The van der Waals surface area contributed by atoms with E-state index in [0.717, 1.165) is 36.9 Å². The van der Waals surface area contributed by atoms with Gasteiger partial charge in [0, 0.05) is 12.4 Å². The summed E-state index contributed by atoms with van der Waals surface area (Å²) < 4.78 is 1.79. The van der Waals surface area contributed by atoms with Gasteiger partial charge in [-0.2, -0.15) is 5.10 Å². The summed E-state index contributed by atoms with van der Waals surface area (Å²) in [5.41, 5.74) is 1.50. The summed E-state index contributed by atoms with van der Waals surface area (Å²) in [4.78, 5) is 12.3. The van der Waals surface area contributed by atoms with E-state index in [2.05, 4.69) is 15.7 Å². The molecule has 0 saturated heterocycles. The average Bonchev–Trinajstić information content (AvgIpc) is 3.27. The van der Waals surface area contributed by atoms with Crippen LogP contribution in [0.2, 0.25) is 0 Å². The monoisotopic (exact) mass is 328 g/mol. The Morgan fingerprint density at radius 1 is 1.38 bits per heavy atom. The Hall–Kier alpha value is -2.34. The van der Waals surface area contributed by atoms with Crippen LogP contribution in [-0.2, 0) is 0 Å². The maximum absolute atomic E-state index is 12.3. The Balaban J connectivity index is 1.65. The van der Waals surface area contributed by atoms with Gasteiger partial charge in [-0.1, -0.05) is 25.0 Å². The second kappa shape index (κ2) is 7.05. The lowest BCUT2D eigenvalue weighted by Crippen LogP contribution is -2.53. The molecule has 1 aliphatic carbocycles. The smallest absolute Gasteiger partial charge is 0.315 e. The number of hydrogen-bond donors (Lipinski definition) is 3. The van der Waals surface area contributed by atoms with Crippen molar-refractivity contribution in [2.75, 3.05) is 6.61 Å². The van der Waals surface area contributed by atoms with Crippen molar-refractivity contribution in [2.45, 2.75) is 44.2 Å². The summed E-state index contributed by atoms with van der Waals surface area (Å²) in [7, 11) is 0. The third kappa shape index (κ3) is 3.59. The fourth-order valence-electron chi connectivity index (χ4n) is 3.29. The van der Waals surface area contributed by atoms with Crippen molar-refractivity contribution >= 4 is 6.03 Å². The van der Waals surface area contributed by atoms with Crippen LogP contribution in [0.1, 0.15) is 44.2 Å². The van der Waals surface area contributed by atoms with Crippen molar-refractivity contribution in [3.8, 4) is 5.69 Å². The number of carbonyl (C=O) groups excluding carboxylic acids is 1. The molecule has 0 radical (unpaired) electrons. The van der Waals surface area contributed by atoms with Gasteiger partial charge in [0.15, 0.2) is 0 Å². The highest BCUT2D eigenvalue weighted by molar-refractivity contribution is 5.75. The Kier molecular flexibility index (Phi) is 4.85. The molecule has 0 spiro atoms. The lowest BCUT2D eigenvalue weighted by molar-refractivity contribution is 0.162. The van der Waals surface area contributed by atoms with Crippen molar-refractivity contribution in [1.29, 1.82) is 0 Å². The van der Waals surface area contributed by atoms with Gasteiger partial charge < -0.3 is 15.7 Å². The number of carbonyl (C=O) groups is 1. The van der Waals surface area contributed by atoms with Crippen LogP contribution in [0.5, 0.6) is 0 Å². The molecule has 128 valence electrons. The second-order valence-corrected chi connectivity index (χ2v) is 6.51. The Morgan fingerprint density at radius 3 is 2.83 bits per heavy atom. The van der Waals surface area contributed by atoms with E-state index in [1.165, 1.54) is 0 Å². The molecule has 3 rings (SSSR count). The van der Waals surface area contributed by atoms with Crippen LogP contribution in [0.3, 0.4) is 0 Å². The number of nitrogens with one attached hydrogen (secondary N) is 2. The SMILES string of the molecule is CC(NC(=O)NC1(CO)CCCC1)c1cccc(-n2cccn2)c1. The normalized spacial score (nSPS) is 17.4. The number of benzene rings is 1. The maximum Gasteiger partial charge on any atom is 0.315 e. The van der Waals surface area contributed by atoms with E-state index in [9.17, 15) is 9.90 Å². The van der Waals surface area contributed by atoms with E-state index in [1.54, 1.807) is 10.9 Å². The predicted octanol–water partition coefficient (Wildman–Crippen LogP) is 2.54. The highest BCUT2D eigenvalue weighted by Gasteiger charge is 2.34. The Labute approximate surface area is 141 Å². The summed E-state index contributed by atoms with van der Waals surface area (Å²) in [6.07, 6.45) is 7.37. The van der Waals surface area contributed by atoms with Gasteiger partial charge in [0.25, 0.3) is 0 Å². The fourth-order valence-corrected chi connectivity index (χ4v) is 3.29. The zero-order chi connectivity index (χ0) is 17.0. The topological polar surface area (TPSA) is 79.2 Å². The maximum atomic E-state index is 12.3. The molecule has 1 heterocycles. The summed E-state index contributed by atoms with van der Waals surface area (Å²) in [5.74, 6) is 0. The van der Waals surface area contributed by atoms with Crippen LogP contribution in [0.25, 0.3) is 5.69 Å². The van der Waals surface area contributed by atoms with E-state index in [0.29, 0.717) is 0 Å². The van der Waals surface area contributed by atoms with Crippen LogP contribution in [0, 0.1) is 0 Å². The quantitative estimate of drug-likeness (QED) is 0.789. The zero-order valence-corrected chi connectivity index (χ0v) is 13.9. The molecule has 3 N–H and O–H groups in total. The van der Waals surface area contributed by atoms with Gasteiger partial charge in [-0.05, 0) is 43.5 Å². The standard InChI is InChI=1S/C18H24N4O2/c1-14(20-17(24)21-18(13-23)8-2-3-9-18)15-6-4-7-16(12-15)22-11-5-10-19-22/h4-7,10-12,14,23H,2-3,8-9,13H2,1H3,(H2,20,21,24). The molecule has 1 aliphatic rings. The summed E-state index contributed by atoms with van der Waals surface area (Å²) in [5, 5.41) is 19.8. The first-order chi connectivity index (χ1) is 11.6. The molecule has 0 aliphatic heterocycles. The molecule has 2 amide bonds.